The van der Waals surface area contributed by atoms with E-state index >= 15 is 0 Å². The predicted octanol–water partition coefficient (Wildman–Crippen LogP) is 1.54. The Morgan fingerprint density at radius 3 is 3.00 bits per heavy atom. The molecule has 1 aliphatic rings. The summed E-state index contributed by atoms with van der Waals surface area (Å²) >= 11 is 0. The maximum Gasteiger partial charge on any atom is 0.306 e. The van der Waals surface area contributed by atoms with Gasteiger partial charge in [0.05, 0.1) is 0 Å². The van der Waals surface area contributed by atoms with Crippen molar-refractivity contribution in [2.45, 2.75) is 25.7 Å². The second-order valence-electron chi connectivity index (χ2n) is 3.31. The lowest BCUT2D eigenvalue weighted by molar-refractivity contribution is -0.142. The normalized spacial score (nSPS) is 15.1. The molecule has 0 unspecified atom stereocenters. The van der Waals surface area contributed by atoms with Crippen molar-refractivity contribution < 1.29 is 9.53 Å². The van der Waals surface area contributed by atoms with Gasteiger partial charge in [-0.1, -0.05) is 18.2 Å². The van der Waals surface area contributed by atoms with Crippen molar-refractivity contribution in [1.29, 1.82) is 0 Å². The lowest BCUT2D eigenvalue weighted by Crippen LogP contribution is -2.10. The van der Waals surface area contributed by atoms with Gasteiger partial charge in [-0.2, -0.15) is 0 Å². The van der Waals surface area contributed by atoms with E-state index in [2.05, 4.69) is 12.2 Å². The Bertz CT molecular complexity index is 244. The molecule has 14 heavy (non-hydrogen) atoms. The first-order chi connectivity index (χ1) is 6.83. The smallest absolute Gasteiger partial charge is 0.306 e. The lowest BCUT2D eigenvalue weighted by Gasteiger charge is -2.07. The highest BCUT2D eigenvalue weighted by Gasteiger charge is 2.03. The Labute approximate surface area is 84.6 Å². The van der Waals surface area contributed by atoms with Crippen LogP contribution in [-0.2, 0) is 9.53 Å². The maximum absolute atomic E-state index is 11.1. The molecular formula is C11H17NO2. The summed E-state index contributed by atoms with van der Waals surface area (Å²) in [5.74, 6) is -0.157. The fourth-order valence-corrected chi connectivity index (χ4v) is 1.26. The topological polar surface area (TPSA) is 52.3 Å². The van der Waals surface area contributed by atoms with Crippen molar-refractivity contribution in [3.8, 4) is 0 Å². The second-order valence-corrected chi connectivity index (χ2v) is 3.31. The van der Waals surface area contributed by atoms with Gasteiger partial charge in [0.15, 0.2) is 0 Å². The van der Waals surface area contributed by atoms with E-state index in [4.69, 9.17) is 10.5 Å². The van der Waals surface area contributed by atoms with Crippen molar-refractivity contribution in [3.63, 3.8) is 0 Å². The number of hydrogen-bond donors (Lipinski definition) is 1. The van der Waals surface area contributed by atoms with Crippen LogP contribution in [0, 0.1) is 0 Å². The van der Waals surface area contributed by atoms with Gasteiger partial charge < -0.3 is 10.5 Å². The molecule has 0 amide bonds. The van der Waals surface area contributed by atoms with Gasteiger partial charge in [-0.3, -0.25) is 4.79 Å². The Balaban J connectivity index is 2.16. The van der Waals surface area contributed by atoms with Gasteiger partial charge in [0.1, 0.15) is 6.61 Å². The van der Waals surface area contributed by atoms with E-state index < -0.39 is 0 Å². The van der Waals surface area contributed by atoms with Crippen LogP contribution in [0.25, 0.3) is 0 Å². The molecule has 0 fully saturated rings. The molecule has 78 valence electrons. The highest BCUT2D eigenvalue weighted by Crippen LogP contribution is 2.09. The third kappa shape index (κ3) is 4.23. The van der Waals surface area contributed by atoms with Crippen LogP contribution in [0.4, 0.5) is 0 Å². The largest absolute Gasteiger partial charge is 0.461 e. The zero-order valence-corrected chi connectivity index (χ0v) is 8.37. The van der Waals surface area contributed by atoms with Crippen LogP contribution < -0.4 is 5.73 Å². The summed E-state index contributed by atoms with van der Waals surface area (Å²) in [7, 11) is 0. The van der Waals surface area contributed by atoms with Gasteiger partial charge >= 0.3 is 5.97 Å². The molecule has 0 saturated carbocycles. The minimum Gasteiger partial charge on any atom is -0.461 e. The van der Waals surface area contributed by atoms with E-state index in [0.717, 1.165) is 18.4 Å². The molecule has 0 aromatic rings. The van der Waals surface area contributed by atoms with Crippen LogP contribution >= 0.6 is 0 Å². The Morgan fingerprint density at radius 1 is 1.50 bits per heavy atom. The molecule has 0 aromatic heterocycles. The number of nitrogens with two attached hydrogens (primary N) is 1. The summed E-state index contributed by atoms with van der Waals surface area (Å²) in [6, 6.07) is 0. The first-order valence-electron chi connectivity index (χ1n) is 5.04. The molecule has 0 aliphatic heterocycles. The van der Waals surface area contributed by atoms with Crippen molar-refractivity contribution in [1.82, 2.24) is 0 Å². The van der Waals surface area contributed by atoms with Crippen molar-refractivity contribution >= 4 is 5.97 Å². The van der Waals surface area contributed by atoms with E-state index in [-0.39, 0.29) is 5.97 Å². The lowest BCUT2D eigenvalue weighted by atomic mass is 10.1. The fourth-order valence-electron chi connectivity index (χ4n) is 1.26. The molecule has 2 N–H and O–H groups in total. The highest BCUT2D eigenvalue weighted by atomic mass is 16.5. The average Bonchev–Trinajstić information content (AvgIpc) is 2.25. The van der Waals surface area contributed by atoms with E-state index in [1.165, 1.54) is 0 Å². The summed E-state index contributed by atoms with van der Waals surface area (Å²) in [5, 5.41) is 0. The van der Waals surface area contributed by atoms with Crippen LogP contribution in [0.3, 0.4) is 0 Å². The first kappa shape index (κ1) is 11.0. The SMILES string of the molecule is NCCCC(=O)OCC1=CCCC=C1. The molecule has 3 heteroatoms. The molecule has 0 spiro atoms. The zero-order valence-electron chi connectivity index (χ0n) is 8.37. The van der Waals surface area contributed by atoms with Gasteiger partial charge in [0.25, 0.3) is 0 Å². The number of allylic oxidation sites excluding steroid dienone is 2. The number of ether oxygens (including phenoxy) is 1. The van der Waals surface area contributed by atoms with Crippen molar-refractivity contribution in [3.05, 3.63) is 23.8 Å². The predicted molar refractivity (Wildman–Crippen MR) is 55.7 cm³/mol. The summed E-state index contributed by atoms with van der Waals surface area (Å²) in [5.41, 5.74) is 6.38. The average molecular weight is 195 g/mol. The van der Waals surface area contributed by atoms with Crippen LogP contribution in [0.1, 0.15) is 25.7 Å². The number of carbonyl (C=O) groups excluding carboxylic acids is 1. The van der Waals surface area contributed by atoms with E-state index in [9.17, 15) is 4.79 Å². The molecule has 0 radical (unpaired) electrons. The quantitative estimate of drug-likeness (QED) is 0.677. The van der Waals surface area contributed by atoms with Gasteiger partial charge in [-0.15, -0.1) is 0 Å². The van der Waals surface area contributed by atoms with Crippen LogP contribution in [0.15, 0.2) is 23.8 Å². The third-order valence-corrected chi connectivity index (χ3v) is 2.06. The Kier molecular flexibility index (Phi) is 5.00. The van der Waals surface area contributed by atoms with Crippen LogP contribution in [0.5, 0.6) is 0 Å². The van der Waals surface area contributed by atoms with Gasteiger partial charge in [-0.05, 0) is 31.4 Å². The minimum atomic E-state index is -0.157. The molecular weight excluding hydrogens is 178 g/mol. The Morgan fingerprint density at radius 2 is 2.36 bits per heavy atom. The summed E-state index contributed by atoms with van der Waals surface area (Å²) in [6.07, 6.45) is 9.48. The van der Waals surface area contributed by atoms with Crippen LogP contribution in [-0.4, -0.2) is 19.1 Å². The Hall–Kier alpha value is -1.09. The van der Waals surface area contributed by atoms with E-state index in [0.29, 0.717) is 26.0 Å². The molecule has 1 rings (SSSR count). The summed E-state index contributed by atoms with van der Waals surface area (Å²) < 4.78 is 5.07. The molecule has 1 aliphatic carbocycles. The third-order valence-electron chi connectivity index (χ3n) is 2.06. The molecule has 3 nitrogen and oxygen atoms in total. The van der Waals surface area contributed by atoms with Gasteiger partial charge in [0.2, 0.25) is 0 Å². The zero-order chi connectivity index (χ0) is 10.2. The standard InChI is InChI=1S/C11H17NO2/c12-8-4-7-11(13)14-9-10-5-2-1-3-6-10/h2,5-6H,1,3-4,7-9,12H2. The number of hydrogen-bond acceptors (Lipinski definition) is 3. The van der Waals surface area contributed by atoms with E-state index in [1.807, 2.05) is 6.08 Å². The van der Waals surface area contributed by atoms with Crippen molar-refractivity contribution in [2.75, 3.05) is 13.2 Å². The molecule has 0 atom stereocenters. The molecule has 0 bridgehead atoms. The van der Waals surface area contributed by atoms with E-state index in [1.54, 1.807) is 0 Å². The second kappa shape index (κ2) is 6.38. The minimum absolute atomic E-state index is 0.157. The first-order valence-corrected chi connectivity index (χ1v) is 5.04. The number of esters is 1. The molecule has 0 saturated heterocycles. The monoisotopic (exact) mass is 195 g/mol. The summed E-state index contributed by atoms with van der Waals surface area (Å²) in [6.45, 7) is 0.942. The highest BCUT2D eigenvalue weighted by molar-refractivity contribution is 5.69. The molecule has 0 heterocycles. The molecule has 0 aromatic carbocycles. The maximum atomic E-state index is 11.1. The summed E-state index contributed by atoms with van der Waals surface area (Å²) in [4.78, 5) is 11.1. The fraction of sp³-hybridized carbons (Fsp3) is 0.545. The van der Waals surface area contributed by atoms with Crippen molar-refractivity contribution in [2.24, 2.45) is 5.73 Å². The number of carbonyl (C=O) groups is 1. The van der Waals surface area contributed by atoms with Gasteiger partial charge in [0, 0.05) is 6.42 Å². The number of rotatable bonds is 5. The van der Waals surface area contributed by atoms with Gasteiger partial charge in [-0.25, -0.2) is 0 Å². The van der Waals surface area contributed by atoms with Crippen LogP contribution in [0.2, 0.25) is 0 Å².